The highest BCUT2D eigenvalue weighted by molar-refractivity contribution is 5.76. The van der Waals surface area contributed by atoms with Crippen LogP contribution in [0.3, 0.4) is 0 Å². The van der Waals surface area contributed by atoms with Gasteiger partial charge in [0, 0.05) is 7.62 Å². The van der Waals surface area contributed by atoms with Gasteiger partial charge in [0.15, 0.2) is 5.65 Å². The van der Waals surface area contributed by atoms with Crippen molar-refractivity contribution < 1.29 is 11.0 Å². The van der Waals surface area contributed by atoms with Gasteiger partial charge >= 0.3 is 5.97 Å². The van der Waals surface area contributed by atoms with Crippen LogP contribution in [0, 0.1) is 12.8 Å². The zero-order chi connectivity index (χ0) is 17.6. The van der Waals surface area contributed by atoms with E-state index in [-0.39, 0.29) is 31.2 Å². The molecule has 0 aliphatic rings. The highest BCUT2D eigenvalue weighted by Gasteiger charge is 2.13. The molecule has 23 heavy (non-hydrogen) atoms. The molecule has 6 heteroatoms. The first-order valence-electron chi connectivity index (χ1n) is 7.60. The van der Waals surface area contributed by atoms with Crippen molar-refractivity contribution in [3.63, 3.8) is 0 Å². The number of allylic oxidation sites excluding steroid dienone is 1. The van der Waals surface area contributed by atoms with E-state index in [2.05, 4.69) is 16.5 Å². The van der Waals surface area contributed by atoms with Crippen LogP contribution in [0.25, 0.3) is 11.0 Å². The van der Waals surface area contributed by atoms with Gasteiger partial charge in [0.1, 0.15) is 12.1 Å². The molecule has 0 amide bonds. The van der Waals surface area contributed by atoms with E-state index in [9.17, 15) is 9.59 Å². The van der Waals surface area contributed by atoms with Crippen LogP contribution in [0.1, 0.15) is 34.7 Å². The smallest absolute Gasteiger partial charge is 0.313 e. The van der Waals surface area contributed by atoms with Gasteiger partial charge in [-0.2, -0.15) is 0 Å². The first-order valence-corrected chi connectivity index (χ1v) is 7.60. The number of rotatable bonds is 4. The van der Waals surface area contributed by atoms with Crippen molar-refractivity contribution >= 4 is 17.0 Å². The zero-order valence-corrected chi connectivity index (χ0v) is 14.3. The second-order valence-corrected chi connectivity index (χ2v) is 5.12. The minimum atomic E-state index is -0.375. The summed E-state index contributed by atoms with van der Waals surface area (Å²) in [6.07, 6.45) is 2.99. The molecule has 0 radical (unpaired) electrons. The third-order valence-corrected chi connectivity index (χ3v) is 3.00. The second-order valence-electron chi connectivity index (χ2n) is 5.12. The van der Waals surface area contributed by atoms with Gasteiger partial charge in [-0.05, 0) is 18.6 Å². The molecule has 2 aromatic rings. The van der Waals surface area contributed by atoms with Crippen molar-refractivity contribution in [2.24, 2.45) is 5.92 Å². The molecule has 0 aliphatic carbocycles. The molecular formula is C17H25N3O3. The van der Waals surface area contributed by atoms with Crippen LogP contribution >= 0.6 is 0 Å². The van der Waals surface area contributed by atoms with Crippen molar-refractivity contribution in [2.75, 3.05) is 0 Å². The van der Waals surface area contributed by atoms with Gasteiger partial charge in [-0.15, -0.1) is 0 Å². The Morgan fingerprint density at radius 2 is 2.04 bits per heavy atom. The molecule has 0 aliphatic heterocycles. The summed E-state index contributed by atoms with van der Waals surface area (Å²) >= 11 is 0. The van der Waals surface area contributed by atoms with E-state index in [0.717, 1.165) is 5.56 Å². The number of esters is 1. The lowest BCUT2D eigenvalue weighted by atomic mass is 10.2. The Kier molecular flexibility index (Phi) is 6.63. The number of hydrogen-bond donors (Lipinski definition) is 0. The monoisotopic (exact) mass is 319 g/mol. The quantitative estimate of drug-likeness (QED) is 0.639. The Balaban J connectivity index is 0.00000170. The van der Waals surface area contributed by atoms with E-state index in [0.29, 0.717) is 11.0 Å². The largest absolute Gasteiger partial charge is 0.430 e. The Bertz CT molecular complexity index is 769. The molecule has 2 aromatic heterocycles. The SMILES string of the molecule is C=C(Cn1cnc2nccc(C)c2c1=O)OC(=O)C(C)C.CC.[HH]. The lowest BCUT2D eigenvalue weighted by Gasteiger charge is -2.11. The third kappa shape index (κ3) is 4.48. The molecule has 0 fully saturated rings. The van der Waals surface area contributed by atoms with Crippen LogP contribution in [0.4, 0.5) is 0 Å². The van der Waals surface area contributed by atoms with E-state index in [1.807, 2.05) is 20.8 Å². The van der Waals surface area contributed by atoms with Gasteiger partial charge in [0.05, 0.1) is 17.8 Å². The first-order chi connectivity index (χ1) is 10.9. The average molecular weight is 319 g/mol. The van der Waals surface area contributed by atoms with Gasteiger partial charge in [0.25, 0.3) is 5.56 Å². The molecule has 0 saturated heterocycles. The predicted octanol–water partition coefficient (Wildman–Crippen LogP) is 3.09. The van der Waals surface area contributed by atoms with Gasteiger partial charge in [-0.3, -0.25) is 14.2 Å². The Morgan fingerprint density at radius 3 is 2.65 bits per heavy atom. The van der Waals surface area contributed by atoms with Crippen LogP contribution in [0.15, 0.2) is 35.7 Å². The summed E-state index contributed by atoms with van der Waals surface area (Å²) in [6, 6.07) is 1.75. The van der Waals surface area contributed by atoms with Gasteiger partial charge in [-0.25, -0.2) is 9.97 Å². The number of carbonyl (C=O) groups excluding carboxylic acids is 1. The summed E-state index contributed by atoms with van der Waals surface area (Å²) in [5.74, 6) is -0.419. The standard InChI is InChI=1S/C15H17N3O3.C2H6.H2/c1-9(2)15(20)21-11(4)7-18-8-17-13-12(14(18)19)10(3)5-6-16-13;1-2;/h5-6,8-9H,4,7H2,1-3H3;1-2H3;1H. The Labute approximate surface area is 137 Å². The number of carbonyl (C=O) groups is 1. The van der Waals surface area contributed by atoms with Crippen LogP contribution in [0.2, 0.25) is 0 Å². The van der Waals surface area contributed by atoms with E-state index < -0.39 is 0 Å². The number of hydrogen-bond acceptors (Lipinski definition) is 5. The maximum Gasteiger partial charge on any atom is 0.313 e. The van der Waals surface area contributed by atoms with Crippen LogP contribution in [-0.4, -0.2) is 20.5 Å². The molecule has 126 valence electrons. The summed E-state index contributed by atoms with van der Waals surface area (Å²) in [5, 5.41) is 0.461. The summed E-state index contributed by atoms with van der Waals surface area (Å²) < 4.78 is 6.43. The molecule has 0 N–H and O–H groups in total. The van der Waals surface area contributed by atoms with Gasteiger partial charge in [-0.1, -0.05) is 34.3 Å². The molecule has 2 heterocycles. The molecule has 0 unspecified atom stereocenters. The fourth-order valence-corrected chi connectivity index (χ4v) is 1.82. The van der Waals surface area contributed by atoms with Crippen molar-refractivity contribution in [1.82, 2.24) is 14.5 Å². The Hall–Kier alpha value is -2.50. The van der Waals surface area contributed by atoms with Gasteiger partial charge in [0.2, 0.25) is 0 Å². The van der Waals surface area contributed by atoms with E-state index in [4.69, 9.17) is 4.74 Å². The first kappa shape index (κ1) is 18.5. The summed E-state index contributed by atoms with van der Waals surface area (Å²) in [4.78, 5) is 32.1. The summed E-state index contributed by atoms with van der Waals surface area (Å²) in [7, 11) is 0. The van der Waals surface area contributed by atoms with Crippen molar-refractivity contribution in [3.05, 3.63) is 46.8 Å². The average Bonchev–Trinajstić information content (AvgIpc) is 2.52. The van der Waals surface area contributed by atoms with Crippen LogP contribution in [-0.2, 0) is 16.1 Å². The van der Waals surface area contributed by atoms with Crippen molar-refractivity contribution in [1.29, 1.82) is 0 Å². The predicted molar refractivity (Wildman–Crippen MR) is 92.1 cm³/mol. The molecular weight excluding hydrogens is 294 g/mol. The topological polar surface area (TPSA) is 74.1 Å². The van der Waals surface area contributed by atoms with Crippen molar-refractivity contribution in [3.8, 4) is 0 Å². The highest BCUT2D eigenvalue weighted by atomic mass is 16.5. The summed E-state index contributed by atoms with van der Waals surface area (Å²) in [6.45, 7) is 13.0. The highest BCUT2D eigenvalue weighted by Crippen LogP contribution is 2.09. The minimum Gasteiger partial charge on any atom is -0.430 e. The maximum absolute atomic E-state index is 12.4. The molecule has 6 nitrogen and oxygen atoms in total. The number of aromatic nitrogens is 3. The van der Waals surface area contributed by atoms with Gasteiger partial charge < -0.3 is 4.74 Å². The normalized spacial score (nSPS) is 10.2. The second kappa shape index (κ2) is 8.22. The van der Waals surface area contributed by atoms with Crippen LogP contribution < -0.4 is 5.56 Å². The number of aryl methyl sites for hydroxylation is 1. The number of nitrogens with zero attached hydrogens (tertiary/aromatic N) is 3. The molecule has 0 saturated carbocycles. The zero-order valence-electron chi connectivity index (χ0n) is 14.3. The molecule has 0 aromatic carbocycles. The van der Waals surface area contributed by atoms with E-state index in [1.54, 1.807) is 26.1 Å². The van der Waals surface area contributed by atoms with E-state index in [1.165, 1.54) is 10.9 Å². The summed E-state index contributed by atoms with van der Waals surface area (Å²) in [5.41, 5.74) is 0.977. The molecule has 0 spiro atoms. The number of pyridine rings is 1. The molecule has 0 bridgehead atoms. The maximum atomic E-state index is 12.4. The van der Waals surface area contributed by atoms with Crippen LogP contribution in [0.5, 0.6) is 0 Å². The Morgan fingerprint density at radius 1 is 1.39 bits per heavy atom. The number of ether oxygens (including phenoxy) is 1. The fraction of sp³-hybridized carbons (Fsp3) is 0.412. The fourth-order valence-electron chi connectivity index (χ4n) is 1.82. The number of fused-ring (bicyclic) bond motifs is 1. The molecule has 0 atom stereocenters. The minimum absolute atomic E-state index is 0. The molecule has 2 rings (SSSR count). The lowest BCUT2D eigenvalue weighted by molar-refractivity contribution is -0.143. The lowest BCUT2D eigenvalue weighted by Crippen LogP contribution is -2.24. The third-order valence-electron chi connectivity index (χ3n) is 3.00. The van der Waals surface area contributed by atoms with Crippen molar-refractivity contribution in [2.45, 2.75) is 41.2 Å². The van der Waals surface area contributed by atoms with E-state index >= 15 is 0 Å².